The number of sulfonamides is 1. The van der Waals surface area contributed by atoms with Gasteiger partial charge in [0, 0.05) is 26.1 Å². The van der Waals surface area contributed by atoms with Crippen LogP contribution in [0.2, 0.25) is 0 Å². The minimum Gasteiger partial charge on any atom is -0.317 e. The third kappa shape index (κ3) is 4.41. The van der Waals surface area contributed by atoms with Gasteiger partial charge in [0.05, 0.1) is 12.3 Å². The SMILES string of the molecule is CCCS(=O)(=O)N1CCC[C@@H](c2nnc(CN3CCCCC3)n2C)C1. The highest BCUT2D eigenvalue weighted by atomic mass is 32.2. The van der Waals surface area contributed by atoms with Crippen molar-refractivity contribution in [3.63, 3.8) is 0 Å². The van der Waals surface area contributed by atoms with Gasteiger partial charge in [0.1, 0.15) is 11.6 Å². The van der Waals surface area contributed by atoms with Crippen LogP contribution >= 0.6 is 0 Å². The van der Waals surface area contributed by atoms with Crippen molar-refractivity contribution in [2.45, 2.75) is 57.9 Å². The molecule has 2 fully saturated rings. The summed E-state index contributed by atoms with van der Waals surface area (Å²) in [4.78, 5) is 2.44. The zero-order valence-electron chi connectivity index (χ0n) is 15.5. The van der Waals surface area contributed by atoms with Gasteiger partial charge in [-0.15, -0.1) is 10.2 Å². The highest BCUT2D eigenvalue weighted by molar-refractivity contribution is 7.89. The summed E-state index contributed by atoms with van der Waals surface area (Å²) in [7, 11) is -1.11. The number of piperidine rings is 2. The molecule has 0 N–H and O–H groups in total. The topological polar surface area (TPSA) is 71.3 Å². The van der Waals surface area contributed by atoms with Crippen molar-refractivity contribution in [2.24, 2.45) is 7.05 Å². The molecule has 0 saturated carbocycles. The smallest absolute Gasteiger partial charge is 0.214 e. The molecule has 0 aromatic carbocycles. The summed E-state index contributed by atoms with van der Waals surface area (Å²) in [6.07, 6.45) is 6.38. The Morgan fingerprint density at radius 2 is 1.84 bits per heavy atom. The first-order valence-electron chi connectivity index (χ1n) is 9.59. The molecule has 2 aliphatic heterocycles. The van der Waals surface area contributed by atoms with Crippen molar-refractivity contribution in [1.82, 2.24) is 24.0 Å². The third-order valence-corrected chi connectivity index (χ3v) is 7.46. The van der Waals surface area contributed by atoms with Crippen LogP contribution in [-0.4, -0.2) is 64.3 Å². The van der Waals surface area contributed by atoms with Crippen molar-refractivity contribution < 1.29 is 8.42 Å². The average molecular weight is 370 g/mol. The molecular formula is C17H31N5O2S. The Bertz CT molecular complexity index is 667. The number of nitrogens with zero attached hydrogens (tertiary/aromatic N) is 5. The molecule has 1 aromatic rings. The molecule has 0 amide bonds. The van der Waals surface area contributed by atoms with Crippen LogP contribution in [0.25, 0.3) is 0 Å². The summed E-state index contributed by atoms with van der Waals surface area (Å²) in [5.41, 5.74) is 0. The van der Waals surface area contributed by atoms with E-state index in [2.05, 4.69) is 19.7 Å². The highest BCUT2D eigenvalue weighted by Gasteiger charge is 2.31. The maximum atomic E-state index is 12.4. The molecule has 1 atom stereocenters. The number of likely N-dealkylation sites (tertiary alicyclic amines) is 1. The van der Waals surface area contributed by atoms with E-state index in [1.165, 1.54) is 19.3 Å². The van der Waals surface area contributed by atoms with E-state index in [1.807, 2.05) is 14.0 Å². The van der Waals surface area contributed by atoms with Gasteiger partial charge in [-0.25, -0.2) is 12.7 Å². The third-order valence-electron chi connectivity index (χ3n) is 5.42. The first kappa shape index (κ1) is 18.8. The second kappa shape index (κ2) is 8.14. The molecule has 0 unspecified atom stereocenters. The van der Waals surface area contributed by atoms with Gasteiger partial charge in [0.15, 0.2) is 0 Å². The number of rotatable bonds is 6. The van der Waals surface area contributed by atoms with Crippen LogP contribution in [0.1, 0.15) is 63.0 Å². The van der Waals surface area contributed by atoms with E-state index < -0.39 is 10.0 Å². The molecular weight excluding hydrogens is 338 g/mol. The molecule has 8 heteroatoms. The maximum Gasteiger partial charge on any atom is 0.214 e. The molecule has 25 heavy (non-hydrogen) atoms. The monoisotopic (exact) mass is 369 g/mol. The lowest BCUT2D eigenvalue weighted by molar-refractivity contribution is 0.213. The molecule has 2 aliphatic rings. The molecule has 3 heterocycles. The molecule has 142 valence electrons. The predicted molar refractivity (Wildman–Crippen MR) is 97.8 cm³/mol. The Balaban J connectivity index is 1.69. The predicted octanol–water partition coefficient (Wildman–Crippen LogP) is 1.72. The normalized spacial score (nSPS) is 23.8. The van der Waals surface area contributed by atoms with Gasteiger partial charge in [-0.1, -0.05) is 13.3 Å². The summed E-state index contributed by atoms with van der Waals surface area (Å²) in [5.74, 6) is 2.31. The van der Waals surface area contributed by atoms with E-state index >= 15 is 0 Å². The van der Waals surface area contributed by atoms with Crippen molar-refractivity contribution >= 4 is 10.0 Å². The van der Waals surface area contributed by atoms with Gasteiger partial charge in [0.2, 0.25) is 10.0 Å². The summed E-state index contributed by atoms with van der Waals surface area (Å²) in [5, 5.41) is 8.84. The lowest BCUT2D eigenvalue weighted by atomic mass is 9.99. The molecule has 0 spiro atoms. The van der Waals surface area contributed by atoms with Crippen LogP contribution in [0.5, 0.6) is 0 Å². The van der Waals surface area contributed by atoms with Gasteiger partial charge in [-0.05, 0) is 45.2 Å². The van der Waals surface area contributed by atoms with Crippen LogP contribution in [0.3, 0.4) is 0 Å². The van der Waals surface area contributed by atoms with Gasteiger partial charge in [-0.2, -0.15) is 0 Å². The quantitative estimate of drug-likeness (QED) is 0.763. The first-order chi connectivity index (χ1) is 12.0. The second-order valence-corrected chi connectivity index (χ2v) is 9.47. The maximum absolute atomic E-state index is 12.4. The standard InChI is InChI=1S/C17H31N5O2S/c1-3-12-25(23,24)22-11-7-8-15(13-22)17-19-18-16(20(17)2)14-21-9-5-4-6-10-21/h15H,3-14H2,1-2H3/t15-/m1/s1. The fourth-order valence-corrected chi connectivity index (χ4v) is 5.57. The van der Waals surface area contributed by atoms with Crippen molar-refractivity contribution in [1.29, 1.82) is 0 Å². The Kier molecular flexibility index (Phi) is 6.12. The Morgan fingerprint density at radius 1 is 1.08 bits per heavy atom. The van der Waals surface area contributed by atoms with Crippen LogP contribution < -0.4 is 0 Å². The molecule has 7 nitrogen and oxygen atoms in total. The van der Waals surface area contributed by atoms with Crippen LogP contribution in [0, 0.1) is 0 Å². The van der Waals surface area contributed by atoms with Crippen molar-refractivity contribution in [3.8, 4) is 0 Å². The Labute approximate surface area is 151 Å². The summed E-state index contributed by atoms with van der Waals surface area (Å²) in [6.45, 7) is 6.20. The Morgan fingerprint density at radius 3 is 2.56 bits per heavy atom. The van der Waals surface area contributed by atoms with Crippen LogP contribution in [0.4, 0.5) is 0 Å². The first-order valence-corrected chi connectivity index (χ1v) is 11.2. The molecule has 2 saturated heterocycles. The number of hydrogen-bond donors (Lipinski definition) is 0. The van der Waals surface area contributed by atoms with Gasteiger partial charge in [0.25, 0.3) is 0 Å². The van der Waals surface area contributed by atoms with Crippen molar-refractivity contribution in [3.05, 3.63) is 11.6 Å². The molecule has 0 radical (unpaired) electrons. The number of aromatic nitrogens is 3. The Hall–Kier alpha value is -0.990. The fraction of sp³-hybridized carbons (Fsp3) is 0.882. The lowest BCUT2D eigenvalue weighted by Crippen LogP contribution is -2.40. The molecule has 1 aromatic heterocycles. The van der Waals surface area contributed by atoms with Gasteiger partial charge in [-0.3, -0.25) is 4.90 Å². The van der Waals surface area contributed by atoms with Crippen LogP contribution in [-0.2, 0) is 23.6 Å². The number of hydrogen-bond acceptors (Lipinski definition) is 5. The van der Waals surface area contributed by atoms with E-state index in [9.17, 15) is 8.42 Å². The van der Waals surface area contributed by atoms with E-state index in [0.717, 1.165) is 44.1 Å². The van der Waals surface area contributed by atoms with E-state index in [4.69, 9.17) is 0 Å². The van der Waals surface area contributed by atoms with Gasteiger partial charge < -0.3 is 4.57 Å². The van der Waals surface area contributed by atoms with E-state index in [-0.39, 0.29) is 11.7 Å². The lowest BCUT2D eigenvalue weighted by Gasteiger charge is -2.31. The zero-order chi connectivity index (χ0) is 17.9. The van der Waals surface area contributed by atoms with E-state index in [0.29, 0.717) is 19.5 Å². The summed E-state index contributed by atoms with van der Waals surface area (Å²) in [6, 6.07) is 0. The highest BCUT2D eigenvalue weighted by Crippen LogP contribution is 2.28. The minimum absolute atomic E-state index is 0.146. The van der Waals surface area contributed by atoms with Crippen LogP contribution in [0.15, 0.2) is 0 Å². The summed E-state index contributed by atoms with van der Waals surface area (Å²) < 4.78 is 28.5. The fourth-order valence-electron chi connectivity index (χ4n) is 3.98. The molecule has 0 aliphatic carbocycles. The largest absolute Gasteiger partial charge is 0.317 e. The summed E-state index contributed by atoms with van der Waals surface area (Å²) >= 11 is 0. The minimum atomic E-state index is -3.14. The average Bonchev–Trinajstić information content (AvgIpc) is 2.97. The van der Waals surface area contributed by atoms with Gasteiger partial charge >= 0.3 is 0 Å². The van der Waals surface area contributed by atoms with E-state index in [1.54, 1.807) is 4.31 Å². The van der Waals surface area contributed by atoms with Crippen molar-refractivity contribution in [2.75, 3.05) is 31.9 Å². The molecule has 3 rings (SSSR count). The second-order valence-electron chi connectivity index (χ2n) is 7.38. The molecule has 0 bridgehead atoms. The zero-order valence-corrected chi connectivity index (χ0v) is 16.3.